The summed E-state index contributed by atoms with van der Waals surface area (Å²) in [4.78, 5) is 27.2. The topological polar surface area (TPSA) is 86.6 Å². The lowest BCUT2D eigenvalue weighted by Gasteiger charge is -2.41. The van der Waals surface area contributed by atoms with E-state index in [0.717, 1.165) is 23.4 Å². The second kappa shape index (κ2) is 15.3. The van der Waals surface area contributed by atoms with Gasteiger partial charge in [0.1, 0.15) is 17.7 Å². The lowest BCUT2D eigenvalue weighted by molar-refractivity contribution is -0.138. The van der Waals surface area contributed by atoms with E-state index in [9.17, 15) is 23.5 Å². The minimum absolute atomic E-state index is 0.109. The molecule has 2 aromatic carbocycles. The number of carbonyl (C=O) groups excluding carboxylic acids is 1. The number of carbonyl (C=O) groups is 2. The highest BCUT2D eigenvalue weighted by Gasteiger charge is 2.37. The Morgan fingerprint density at radius 3 is 2.40 bits per heavy atom. The molecule has 0 spiro atoms. The SMILES string of the molecule is CNCCCN(C(=O)CSCC(NC)C(=O)O)C(c1cc(-c2cc(F)ccc2F)cn1Cc1ccccc1)C(C)(C)C. The molecule has 0 aliphatic heterocycles. The van der Waals surface area contributed by atoms with Crippen molar-refractivity contribution >= 4 is 23.6 Å². The molecule has 0 bridgehead atoms. The molecule has 0 radical (unpaired) electrons. The van der Waals surface area contributed by atoms with Crippen LogP contribution in [0.15, 0.2) is 60.8 Å². The first-order valence-corrected chi connectivity index (χ1v) is 15.2. The first-order valence-electron chi connectivity index (χ1n) is 14.1. The number of halogens is 2. The first kappa shape index (κ1) is 33.3. The van der Waals surface area contributed by atoms with Gasteiger partial charge in [0, 0.05) is 41.9 Å². The van der Waals surface area contributed by atoms with Crippen LogP contribution in [0.25, 0.3) is 11.1 Å². The van der Waals surface area contributed by atoms with Gasteiger partial charge in [0.25, 0.3) is 0 Å². The molecule has 3 aromatic rings. The fourth-order valence-corrected chi connectivity index (χ4v) is 6.06. The summed E-state index contributed by atoms with van der Waals surface area (Å²) < 4.78 is 31.2. The maximum Gasteiger partial charge on any atom is 0.321 e. The van der Waals surface area contributed by atoms with Crippen molar-refractivity contribution in [1.82, 2.24) is 20.1 Å². The van der Waals surface area contributed by atoms with E-state index in [2.05, 4.69) is 31.4 Å². The first-order chi connectivity index (χ1) is 20.0. The van der Waals surface area contributed by atoms with Crippen LogP contribution in [0.3, 0.4) is 0 Å². The normalized spacial score (nSPS) is 13.1. The lowest BCUT2D eigenvalue weighted by Crippen LogP contribution is -2.44. The Hall–Kier alpha value is -3.21. The van der Waals surface area contributed by atoms with Crippen molar-refractivity contribution in [3.8, 4) is 11.1 Å². The summed E-state index contributed by atoms with van der Waals surface area (Å²) in [5, 5.41) is 15.3. The summed E-state index contributed by atoms with van der Waals surface area (Å²) in [6, 6.07) is 14.0. The zero-order valence-corrected chi connectivity index (χ0v) is 25.8. The van der Waals surface area contributed by atoms with Gasteiger partial charge in [-0.2, -0.15) is 0 Å². The van der Waals surface area contributed by atoms with Gasteiger partial charge in [-0.25, -0.2) is 8.78 Å². The summed E-state index contributed by atoms with van der Waals surface area (Å²) in [5.41, 5.74) is 2.10. The van der Waals surface area contributed by atoms with Crippen LogP contribution in [0.5, 0.6) is 0 Å². The fourth-order valence-electron chi connectivity index (χ4n) is 5.06. The Kier molecular flexibility index (Phi) is 12.1. The van der Waals surface area contributed by atoms with E-state index in [1.165, 1.54) is 17.8 Å². The van der Waals surface area contributed by atoms with Crippen molar-refractivity contribution in [1.29, 1.82) is 0 Å². The van der Waals surface area contributed by atoms with Gasteiger partial charge >= 0.3 is 5.97 Å². The van der Waals surface area contributed by atoms with Crippen molar-refractivity contribution in [2.24, 2.45) is 5.41 Å². The summed E-state index contributed by atoms with van der Waals surface area (Å²) >= 11 is 1.28. The molecule has 2 unspecified atom stereocenters. The zero-order valence-electron chi connectivity index (χ0n) is 25.0. The number of hydrogen-bond acceptors (Lipinski definition) is 5. The quantitative estimate of drug-likeness (QED) is 0.202. The third-order valence-corrected chi connectivity index (χ3v) is 8.10. The summed E-state index contributed by atoms with van der Waals surface area (Å²) in [7, 11) is 3.44. The van der Waals surface area contributed by atoms with Gasteiger partial charge < -0.3 is 25.2 Å². The number of amides is 1. The largest absolute Gasteiger partial charge is 0.480 e. The third-order valence-electron chi connectivity index (χ3n) is 7.08. The molecule has 228 valence electrons. The van der Waals surface area contributed by atoms with Gasteiger partial charge in [0.05, 0.1) is 11.8 Å². The van der Waals surface area contributed by atoms with Gasteiger partial charge in [0.2, 0.25) is 5.91 Å². The smallest absolute Gasteiger partial charge is 0.321 e. The van der Waals surface area contributed by atoms with Crippen LogP contribution in [0.4, 0.5) is 8.78 Å². The monoisotopic (exact) mass is 600 g/mol. The van der Waals surface area contributed by atoms with Crippen LogP contribution < -0.4 is 10.6 Å². The molecule has 2 atom stereocenters. The molecule has 3 rings (SSSR count). The fraction of sp³-hybridized carbons (Fsp3) is 0.438. The van der Waals surface area contributed by atoms with Gasteiger partial charge in [-0.3, -0.25) is 9.59 Å². The van der Waals surface area contributed by atoms with E-state index in [-0.39, 0.29) is 23.0 Å². The molecular formula is C32H42F2N4O3S. The molecule has 0 aliphatic carbocycles. The minimum Gasteiger partial charge on any atom is -0.480 e. The van der Waals surface area contributed by atoms with Crippen molar-refractivity contribution < 1.29 is 23.5 Å². The number of carboxylic acids is 1. The van der Waals surface area contributed by atoms with Crippen molar-refractivity contribution in [2.45, 2.75) is 45.8 Å². The second-order valence-corrected chi connectivity index (χ2v) is 12.4. The van der Waals surface area contributed by atoms with E-state index in [4.69, 9.17) is 0 Å². The molecule has 1 amide bonds. The molecule has 42 heavy (non-hydrogen) atoms. The molecule has 10 heteroatoms. The Balaban J connectivity index is 2.09. The van der Waals surface area contributed by atoms with Crippen molar-refractivity contribution in [3.05, 3.63) is 83.7 Å². The highest BCUT2D eigenvalue weighted by molar-refractivity contribution is 8.00. The van der Waals surface area contributed by atoms with Crippen LogP contribution in [0.2, 0.25) is 0 Å². The van der Waals surface area contributed by atoms with Crippen LogP contribution in [0.1, 0.15) is 44.5 Å². The number of rotatable bonds is 15. The van der Waals surface area contributed by atoms with E-state index in [1.54, 1.807) is 7.05 Å². The number of benzene rings is 2. The second-order valence-electron chi connectivity index (χ2n) is 11.4. The van der Waals surface area contributed by atoms with E-state index < -0.39 is 35.1 Å². The molecule has 1 heterocycles. The number of likely N-dealkylation sites (N-methyl/N-ethyl adjacent to an activating group) is 1. The number of aliphatic carboxylic acids is 1. The Morgan fingerprint density at radius 1 is 1.07 bits per heavy atom. The predicted molar refractivity (Wildman–Crippen MR) is 166 cm³/mol. The van der Waals surface area contributed by atoms with Gasteiger partial charge in [-0.1, -0.05) is 51.1 Å². The number of carboxylic acid groups (broad SMARTS) is 1. The maximum atomic E-state index is 14.9. The number of aromatic nitrogens is 1. The highest BCUT2D eigenvalue weighted by Crippen LogP contribution is 2.41. The number of hydrogen-bond donors (Lipinski definition) is 3. The van der Waals surface area contributed by atoms with Crippen molar-refractivity contribution in [3.63, 3.8) is 0 Å². The average Bonchev–Trinajstić information content (AvgIpc) is 3.33. The van der Waals surface area contributed by atoms with E-state index in [0.29, 0.717) is 31.6 Å². The average molecular weight is 601 g/mol. The molecule has 0 fully saturated rings. The van der Waals surface area contributed by atoms with Crippen LogP contribution in [0, 0.1) is 17.0 Å². The lowest BCUT2D eigenvalue weighted by atomic mass is 9.83. The van der Waals surface area contributed by atoms with Gasteiger partial charge in [-0.05, 0) is 62.3 Å². The molecule has 0 saturated heterocycles. The molecule has 3 N–H and O–H groups in total. The van der Waals surface area contributed by atoms with Gasteiger partial charge in [0.15, 0.2) is 0 Å². The third kappa shape index (κ3) is 8.89. The molecule has 0 aliphatic rings. The van der Waals surface area contributed by atoms with Gasteiger partial charge in [-0.15, -0.1) is 11.8 Å². The Labute approximate surface area is 251 Å². The molecular weight excluding hydrogens is 558 g/mol. The predicted octanol–water partition coefficient (Wildman–Crippen LogP) is 5.41. The number of nitrogens with zero attached hydrogens (tertiary/aromatic N) is 2. The molecule has 7 nitrogen and oxygen atoms in total. The summed E-state index contributed by atoms with van der Waals surface area (Å²) in [6.45, 7) is 7.85. The summed E-state index contributed by atoms with van der Waals surface area (Å²) in [5.74, 6) is -1.77. The van der Waals surface area contributed by atoms with E-state index >= 15 is 0 Å². The Morgan fingerprint density at radius 2 is 1.79 bits per heavy atom. The standard InChI is InChI=1S/C32H42F2N4O3S/c1-32(2,3)30(38(15-9-14-35-4)29(39)21-42-20-27(36-5)31(40)41)28-16-23(25-17-24(33)12-13-26(25)34)19-37(28)18-22-10-7-6-8-11-22/h6-8,10-13,16-17,19,27,30,35-36H,9,14-15,18,20-21H2,1-5H3,(H,40,41). The number of nitrogens with one attached hydrogen (secondary N) is 2. The highest BCUT2D eigenvalue weighted by atomic mass is 32.2. The molecule has 1 aromatic heterocycles. The maximum absolute atomic E-state index is 14.9. The Bertz CT molecular complexity index is 1330. The van der Waals surface area contributed by atoms with Crippen LogP contribution >= 0.6 is 11.8 Å². The zero-order chi connectivity index (χ0) is 30.9. The molecule has 0 saturated carbocycles. The van der Waals surface area contributed by atoms with Crippen LogP contribution in [-0.4, -0.2) is 71.2 Å². The summed E-state index contributed by atoms with van der Waals surface area (Å²) in [6.07, 6.45) is 2.53. The number of thioether (sulfide) groups is 1. The van der Waals surface area contributed by atoms with Crippen LogP contribution in [-0.2, 0) is 16.1 Å². The minimum atomic E-state index is -0.966. The van der Waals surface area contributed by atoms with E-state index in [1.807, 2.05) is 59.1 Å². The van der Waals surface area contributed by atoms with Crippen molar-refractivity contribution in [2.75, 3.05) is 38.7 Å².